The number of hydrogen-bond acceptors (Lipinski definition) is 18. The molecule has 2 aromatic heterocycles. The Labute approximate surface area is 453 Å². The molecule has 6 heterocycles. The molecule has 424 valence electrons. The third-order valence-corrected chi connectivity index (χ3v) is 17.4. The topological polar surface area (TPSA) is 239 Å². The predicted molar refractivity (Wildman–Crippen MR) is 283 cm³/mol. The van der Waals surface area contributed by atoms with Gasteiger partial charge in [0.05, 0.1) is 60.4 Å². The highest BCUT2D eigenvalue weighted by molar-refractivity contribution is 7.71. The molecule has 4 fully saturated rings. The molecule has 4 aliphatic rings. The van der Waals surface area contributed by atoms with E-state index in [0.29, 0.717) is 17.6 Å². The number of carbonyl (C=O) groups is 2. The van der Waals surface area contributed by atoms with E-state index in [1.165, 1.54) is 14.0 Å². The maximum Gasteiger partial charge on any atom is 0.311 e. The van der Waals surface area contributed by atoms with Gasteiger partial charge < -0.3 is 63.3 Å². The van der Waals surface area contributed by atoms with Gasteiger partial charge in [0.1, 0.15) is 45.8 Å². The van der Waals surface area contributed by atoms with E-state index >= 15 is 0 Å². The van der Waals surface area contributed by atoms with Gasteiger partial charge in [-0.05, 0) is 98.4 Å². The van der Waals surface area contributed by atoms with Crippen LogP contribution in [0.25, 0.3) is 11.3 Å². The summed E-state index contributed by atoms with van der Waals surface area (Å²) in [4.78, 5) is 30.8. The van der Waals surface area contributed by atoms with Crippen LogP contribution >= 0.6 is 12.2 Å². The van der Waals surface area contributed by atoms with Crippen LogP contribution in [0.4, 0.5) is 0 Å². The van der Waals surface area contributed by atoms with Crippen LogP contribution in [0.5, 0.6) is 5.75 Å². The fourth-order valence-corrected chi connectivity index (χ4v) is 12.2. The molecule has 3 aromatic rings. The van der Waals surface area contributed by atoms with Gasteiger partial charge in [0.2, 0.25) is 0 Å². The lowest BCUT2D eigenvalue weighted by molar-refractivity contribution is -0.317. The number of likely N-dealkylation sites (N-methyl/N-ethyl adjacent to an activating group) is 1. The van der Waals surface area contributed by atoms with Crippen molar-refractivity contribution in [1.29, 1.82) is 0 Å². The maximum absolute atomic E-state index is 14.5. The Morgan fingerprint density at radius 1 is 0.908 bits per heavy atom. The Kier molecular flexibility index (Phi) is 19.8. The van der Waals surface area contributed by atoms with Gasteiger partial charge in [-0.3, -0.25) is 19.2 Å². The molecule has 1 aromatic carbocycles. The number of fused-ring (bicyclic) bond motifs is 2. The molecule has 0 spiro atoms. The van der Waals surface area contributed by atoms with Crippen LogP contribution in [0.1, 0.15) is 119 Å². The summed E-state index contributed by atoms with van der Waals surface area (Å²) in [7, 11) is 3.46. The lowest BCUT2D eigenvalue weighted by Crippen LogP contribution is -2.61. The van der Waals surface area contributed by atoms with Crippen LogP contribution in [0, 0.1) is 28.3 Å². The predicted octanol–water partition coefficient (Wildman–Crippen LogP) is 6.13. The number of ketones is 1. The van der Waals surface area contributed by atoms with Gasteiger partial charge >= 0.3 is 5.97 Å². The number of unbranched alkanes of at least 4 members (excludes halogenated alkanes) is 3. The van der Waals surface area contributed by atoms with E-state index in [1.54, 1.807) is 46.8 Å². The second-order valence-electron chi connectivity index (χ2n) is 22.9. The summed E-state index contributed by atoms with van der Waals surface area (Å²) in [6.07, 6.45) is -1.46. The van der Waals surface area contributed by atoms with E-state index in [2.05, 4.69) is 15.2 Å². The third kappa shape index (κ3) is 13.3. The zero-order chi connectivity index (χ0) is 55.4. The zero-order valence-corrected chi connectivity index (χ0v) is 47.1. The molecule has 76 heavy (non-hydrogen) atoms. The van der Waals surface area contributed by atoms with E-state index in [0.717, 1.165) is 55.6 Å². The van der Waals surface area contributed by atoms with E-state index in [4.69, 9.17) is 45.4 Å². The van der Waals surface area contributed by atoms with Crippen molar-refractivity contribution >= 4 is 24.0 Å². The molecule has 20 heteroatoms. The summed E-state index contributed by atoms with van der Waals surface area (Å²) in [5, 5.41) is 65.6. The zero-order valence-electron chi connectivity index (χ0n) is 46.3. The van der Waals surface area contributed by atoms with Crippen LogP contribution < -0.4 is 0 Å². The van der Waals surface area contributed by atoms with E-state index < -0.39 is 108 Å². The molecule has 0 saturated carbocycles. The highest BCUT2D eigenvalue weighted by atomic mass is 32.1. The number of methoxy groups -OCH3 is 1. The van der Waals surface area contributed by atoms with Crippen LogP contribution in [-0.2, 0) is 62.4 Å². The van der Waals surface area contributed by atoms with Crippen LogP contribution in [0.2, 0.25) is 0 Å². The molecule has 18 atom stereocenters. The molecule has 0 unspecified atom stereocenters. The monoisotopic (exact) mass is 1080 g/mol. The normalized spacial score (nSPS) is 37.8. The van der Waals surface area contributed by atoms with Gasteiger partial charge in [-0.2, -0.15) is 0 Å². The quantitative estimate of drug-likeness (QED) is 0.0581. The molecule has 7 rings (SSSR count). The molecule has 4 saturated heterocycles. The Morgan fingerprint density at radius 2 is 1.61 bits per heavy atom. The standard InChI is InChI=1S/C56H85N5O14S/c1-12-43-56(9,68)48(65)33(3)45(63)39-27-55(8,70-31-39)50(34(4)47(35(5)52(67)73-43)74-44-28-54(7,69-11)49(66)36(6)72-44)75-53-46(64)41(26-32(2)71-53)59(10)29-37-19-21-38(22-20-37)40-30-61(58-57-40)25-16-14-13-15-23-60-24-17-18-42(62)51(60)76/h17-22,24,30,32-36,39,41,43-44,46-50,53,62,64-66,68H,12-16,23,25-29,31H2,1-11H3/t32-,33+,34+,35-,36+,39+,41+,43-,44+,46-,47+,48-,49+,50-,53+,54-,55-,56-/m1/s1. The van der Waals surface area contributed by atoms with E-state index in [1.807, 2.05) is 73.7 Å². The van der Waals surface area contributed by atoms with Crippen LogP contribution in [0.3, 0.4) is 0 Å². The van der Waals surface area contributed by atoms with Crippen molar-refractivity contribution in [3.05, 3.63) is 59.0 Å². The van der Waals surface area contributed by atoms with Crippen molar-refractivity contribution in [3.63, 3.8) is 0 Å². The Bertz CT molecular complexity index is 2460. The summed E-state index contributed by atoms with van der Waals surface area (Å²) in [5.41, 5.74) is -1.56. The largest absolute Gasteiger partial charge is 0.505 e. The number of rotatable bonds is 17. The highest BCUT2D eigenvalue weighted by Crippen LogP contribution is 2.45. The molecule has 0 amide bonds. The first-order chi connectivity index (χ1) is 35.9. The number of aryl methyl sites for hydroxylation is 2. The van der Waals surface area contributed by atoms with Gasteiger partial charge in [0, 0.05) is 68.7 Å². The lowest BCUT2D eigenvalue weighted by Gasteiger charge is -2.49. The molecular weight excluding hydrogens is 999 g/mol. The maximum atomic E-state index is 14.5. The van der Waals surface area contributed by atoms with Crippen molar-refractivity contribution in [1.82, 2.24) is 24.5 Å². The fraction of sp³-hybridized carbons (Fsp3) is 0.732. The number of ether oxygens (including phenoxy) is 7. The molecular formula is C56H85N5O14S. The van der Waals surface area contributed by atoms with E-state index in [9.17, 15) is 35.1 Å². The number of aliphatic hydroxyl groups is 4. The van der Waals surface area contributed by atoms with Gasteiger partial charge in [-0.15, -0.1) is 5.10 Å². The van der Waals surface area contributed by atoms with Crippen molar-refractivity contribution in [3.8, 4) is 17.0 Å². The number of aromatic hydroxyl groups is 1. The van der Waals surface area contributed by atoms with Crippen molar-refractivity contribution in [2.24, 2.45) is 23.7 Å². The number of esters is 1. The van der Waals surface area contributed by atoms with Crippen LogP contribution in [-0.4, -0.2) is 167 Å². The first kappa shape index (κ1) is 59.9. The van der Waals surface area contributed by atoms with Gasteiger partial charge in [-0.25, -0.2) is 0 Å². The first-order valence-corrected chi connectivity index (χ1v) is 27.7. The van der Waals surface area contributed by atoms with Gasteiger partial charge in [0.25, 0.3) is 0 Å². The molecule has 2 bridgehead atoms. The Hall–Kier alpha value is -3.77. The summed E-state index contributed by atoms with van der Waals surface area (Å²) in [6, 6.07) is 11.1. The van der Waals surface area contributed by atoms with E-state index in [-0.39, 0.29) is 43.5 Å². The first-order valence-electron chi connectivity index (χ1n) is 27.3. The lowest BCUT2D eigenvalue weighted by atomic mass is 9.75. The number of aliphatic hydroxyl groups excluding tert-OH is 3. The second-order valence-corrected chi connectivity index (χ2v) is 23.2. The summed E-state index contributed by atoms with van der Waals surface area (Å²) in [6.45, 7) is 17.4. The van der Waals surface area contributed by atoms with Crippen molar-refractivity contribution in [2.75, 3.05) is 20.8 Å². The number of Topliss-reactive ketones (excluding diaryl/α,β-unsaturated/α-hetero) is 1. The van der Waals surface area contributed by atoms with Gasteiger partial charge in [0.15, 0.2) is 12.6 Å². The number of cyclic esters (lactones) is 1. The number of carbonyl (C=O) groups excluding carboxylic acids is 2. The minimum Gasteiger partial charge on any atom is -0.505 e. The highest BCUT2D eigenvalue weighted by Gasteiger charge is 2.56. The SMILES string of the molecule is CC[C@H]1OC(=O)[C@H](C)[C@@H](O[C@H]2C[C@@](C)(OC)[C@@H](O)[C@H](C)O2)[C@H](C)[C@@H](O[C@@H]2O[C@H](C)C[C@H](N(C)Cc3ccc(-c4cn(CCCCCCn5cccc(O)c5=S)nn4)cc3)[C@H]2O)[C@@]2(C)C[C@@H](CO2)C(=O)[C@H](C)[C@@H](O)[C@]1(C)O. The van der Waals surface area contributed by atoms with Gasteiger partial charge in [-0.1, -0.05) is 75.3 Å². The number of aromatic nitrogens is 4. The molecule has 0 aliphatic carbocycles. The molecule has 5 N–H and O–H groups in total. The molecule has 19 nitrogen and oxygen atoms in total. The summed E-state index contributed by atoms with van der Waals surface area (Å²) in [5.74, 6) is -4.44. The van der Waals surface area contributed by atoms with Crippen LogP contribution in [0.15, 0.2) is 48.8 Å². The summed E-state index contributed by atoms with van der Waals surface area (Å²) >= 11 is 5.31. The third-order valence-electron chi connectivity index (χ3n) is 16.9. The molecule has 4 aliphatic heterocycles. The minimum atomic E-state index is -1.99. The van der Waals surface area contributed by atoms with Crippen molar-refractivity contribution < 1.29 is 68.3 Å². The summed E-state index contributed by atoms with van der Waals surface area (Å²) < 4.78 is 49.3. The average Bonchev–Trinajstić information content (AvgIpc) is 4.06. The Morgan fingerprint density at radius 3 is 2.29 bits per heavy atom. The Balaban J connectivity index is 1.07. The second kappa shape index (κ2) is 25.1. The number of pyridine rings is 1. The van der Waals surface area contributed by atoms with Crippen molar-refractivity contribution in [2.45, 2.75) is 218 Å². The average molecular weight is 1080 g/mol. The number of nitrogens with zero attached hydrogens (tertiary/aromatic N) is 5. The smallest absolute Gasteiger partial charge is 0.311 e. The number of benzene rings is 1. The fourth-order valence-electron chi connectivity index (χ4n) is 12.0. The number of hydrogen-bond donors (Lipinski definition) is 5. The molecule has 0 radical (unpaired) electrons. The minimum absolute atomic E-state index is 0.00386.